The van der Waals surface area contributed by atoms with Crippen LogP contribution >= 0.6 is 15.9 Å². The number of hydrogen-bond donors (Lipinski definition) is 0. The summed E-state index contributed by atoms with van der Waals surface area (Å²) in [6.07, 6.45) is 0. The molecular weight excluding hydrogens is 320 g/mol. The highest BCUT2D eigenvalue weighted by molar-refractivity contribution is 9.10. The predicted molar refractivity (Wildman–Crippen MR) is 97.0 cm³/mol. The average Bonchev–Trinajstić information content (AvgIpc) is 2.37. The van der Waals surface area contributed by atoms with Gasteiger partial charge in [-0.15, -0.1) is 0 Å². The Hall–Kier alpha value is -1.08. The highest BCUT2D eigenvalue weighted by Crippen LogP contribution is 2.34. The first kappa shape index (κ1) is 16.3. The minimum absolute atomic E-state index is 0.158. The molecule has 112 valence electrons. The maximum atomic E-state index is 3.51. The summed E-state index contributed by atoms with van der Waals surface area (Å²) in [6, 6.07) is 15.6. The third-order valence-corrected chi connectivity index (χ3v) is 4.37. The van der Waals surface area contributed by atoms with Gasteiger partial charge in [0.25, 0.3) is 0 Å². The molecule has 2 aromatic rings. The van der Waals surface area contributed by atoms with E-state index in [2.05, 4.69) is 99.9 Å². The minimum Gasteiger partial charge on any atom is -0.0561 e. The van der Waals surface area contributed by atoms with Gasteiger partial charge >= 0.3 is 0 Å². The molecule has 0 spiro atoms. The lowest BCUT2D eigenvalue weighted by Gasteiger charge is -2.26. The summed E-state index contributed by atoms with van der Waals surface area (Å²) in [5.74, 6) is 0. The third-order valence-electron chi connectivity index (χ3n) is 3.84. The van der Waals surface area contributed by atoms with Gasteiger partial charge in [0, 0.05) is 4.47 Å². The van der Waals surface area contributed by atoms with E-state index in [-0.39, 0.29) is 10.8 Å². The van der Waals surface area contributed by atoms with Crippen molar-refractivity contribution in [2.75, 3.05) is 0 Å². The molecule has 0 bridgehead atoms. The van der Waals surface area contributed by atoms with Gasteiger partial charge in [-0.25, -0.2) is 0 Å². The Labute approximate surface area is 137 Å². The van der Waals surface area contributed by atoms with Crippen molar-refractivity contribution in [2.24, 2.45) is 0 Å². The van der Waals surface area contributed by atoms with Gasteiger partial charge < -0.3 is 0 Å². The first-order chi connectivity index (χ1) is 9.57. The van der Waals surface area contributed by atoms with Crippen molar-refractivity contribution in [3.8, 4) is 11.1 Å². The van der Waals surface area contributed by atoms with Crippen LogP contribution in [0.4, 0.5) is 0 Å². The van der Waals surface area contributed by atoms with Crippen LogP contribution in [-0.4, -0.2) is 0 Å². The van der Waals surface area contributed by atoms with Crippen molar-refractivity contribution in [2.45, 2.75) is 52.4 Å². The molecule has 0 aliphatic rings. The minimum atomic E-state index is 0.158. The zero-order valence-corrected chi connectivity index (χ0v) is 15.5. The normalized spacial score (nSPS) is 12.5. The maximum absolute atomic E-state index is 3.51. The zero-order chi connectivity index (χ0) is 15.8. The van der Waals surface area contributed by atoms with E-state index in [1.165, 1.54) is 22.3 Å². The third kappa shape index (κ3) is 3.97. The Bertz CT molecular complexity index is 590. The highest BCUT2D eigenvalue weighted by Gasteiger charge is 2.20. The molecule has 0 atom stereocenters. The second-order valence-electron chi connectivity index (χ2n) is 7.81. The number of benzene rings is 2. The van der Waals surface area contributed by atoms with Crippen molar-refractivity contribution in [1.29, 1.82) is 0 Å². The molecule has 1 heteroatoms. The van der Waals surface area contributed by atoms with E-state index in [9.17, 15) is 0 Å². The fourth-order valence-electron chi connectivity index (χ4n) is 2.30. The molecule has 2 rings (SSSR count). The van der Waals surface area contributed by atoms with Gasteiger partial charge in [0.2, 0.25) is 0 Å². The summed E-state index contributed by atoms with van der Waals surface area (Å²) in [5, 5.41) is 0. The predicted octanol–water partition coefficient (Wildman–Crippen LogP) is 6.71. The number of rotatable bonds is 1. The van der Waals surface area contributed by atoms with Crippen LogP contribution in [0.1, 0.15) is 52.7 Å². The van der Waals surface area contributed by atoms with Gasteiger partial charge in [0.1, 0.15) is 0 Å². The summed E-state index contributed by atoms with van der Waals surface area (Å²) < 4.78 is 1.12. The van der Waals surface area contributed by atoms with E-state index in [0.717, 1.165) is 4.47 Å². The van der Waals surface area contributed by atoms with Crippen molar-refractivity contribution >= 4 is 15.9 Å². The molecule has 0 fully saturated rings. The van der Waals surface area contributed by atoms with Gasteiger partial charge in [-0.3, -0.25) is 0 Å². The summed E-state index contributed by atoms with van der Waals surface area (Å²) in [6.45, 7) is 13.7. The van der Waals surface area contributed by atoms with Crippen LogP contribution in [0.2, 0.25) is 0 Å². The quantitative estimate of drug-likeness (QED) is 0.539. The van der Waals surface area contributed by atoms with Crippen molar-refractivity contribution < 1.29 is 0 Å². The summed E-state index contributed by atoms with van der Waals surface area (Å²) >= 11 is 3.51. The van der Waals surface area contributed by atoms with Crippen LogP contribution < -0.4 is 0 Å². The number of halogens is 1. The average molecular weight is 345 g/mol. The fourth-order valence-corrected chi connectivity index (χ4v) is 2.57. The molecular formula is C20H25Br. The Balaban J connectivity index is 2.63. The Kier molecular flexibility index (Phi) is 4.35. The molecule has 0 amide bonds. The van der Waals surface area contributed by atoms with E-state index in [4.69, 9.17) is 0 Å². The summed E-state index contributed by atoms with van der Waals surface area (Å²) in [5.41, 5.74) is 5.69. The lowest BCUT2D eigenvalue weighted by Crippen LogP contribution is -2.16. The Morgan fingerprint density at radius 1 is 0.619 bits per heavy atom. The molecule has 0 N–H and O–H groups in total. The Morgan fingerprint density at radius 3 is 1.43 bits per heavy atom. The highest BCUT2D eigenvalue weighted by atomic mass is 79.9. The lowest BCUT2D eigenvalue weighted by molar-refractivity contribution is 0.569. The first-order valence-corrected chi connectivity index (χ1v) is 8.29. The van der Waals surface area contributed by atoms with Gasteiger partial charge in [-0.05, 0) is 45.2 Å². The van der Waals surface area contributed by atoms with Gasteiger partial charge in [0.05, 0.1) is 0 Å². The van der Waals surface area contributed by atoms with Crippen molar-refractivity contribution in [1.82, 2.24) is 0 Å². The standard InChI is InChI=1S/C20H25Br/c1-19(2,3)16-11-15(12-17(13-16)20(4,5)6)14-7-9-18(21)10-8-14/h7-13H,1-6H3. The van der Waals surface area contributed by atoms with Gasteiger partial charge in [-0.1, -0.05) is 87.8 Å². The van der Waals surface area contributed by atoms with E-state index in [0.29, 0.717) is 0 Å². The van der Waals surface area contributed by atoms with E-state index in [1.807, 2.05) is 0 Å². The molecule has 0 heterocycles. The molecule has 0 nitrogen and oxygen atoms in total. The zero-order valence-electron chi connectivity index (χ0n) is 13.9. The molecule has 21 heavy (non-hydrogen) atoms. The number of hydrogen-bond acceptors (Lipinski definition) is 0. The topological polar surface area (TPSA) is 0 Å². The monoisotopic (exact) mass is 344 g/mol. The van der Waals surface area contributed by atoms with Gasteiger partial charge in [0.15, 0.2) is 0 Å². The molecule has 0 saturated heterocycles. The van der Waals surface area contributed by atoms with Crippen LogP contribution in [-0.2, 0) is 10.8 Å². The molecule has 0 saturated carbocycles. The van der Waals surface area contributed by atoms with Crippen LogP contribution in [0.15, 0.2) is 46.9 Å². The fraction of sp³-hybridized carbons (Fsp3) is 0.400. The van der Waals surface area contributed by atoms with E-state index >= 15 is 0 Å². The molecule has 2 aromatic carbocycles. The Morgan fingerprint density at radius 2 is 1.05 bits per heavy atom. The van der Waals surface area contributed by atoms with Crippen LogP contribution in [0.3, 0.4) is 0 Å². The molecule has 0 aliphatic carbocycles. The van der Waals surface area contributed by atoms with Crippen LogP contribution in [0, 0.1) is 0 Å². The smallest absolute Gasteiger partial charge is 0.0175 e. The second kappa shape index (κ2) is 5.61. The van der Waals surface area contributed by atoms with E-state index < -0.39 is 0 Å². The SMILES string of the molecule is CC(C)(C)c1cc(-c2ccc(Br)cc2)cc(C(C)(C)C)c1. The maximum Gasteiger partial charge on any atom is 0.0175 e. The van der Waals surface area contributed by atoms with Gasteiger partial charge in [-0.2, -0.15) is 0 Å². The molecule has 0 radical (unpaired) electrons. The first-order valence-electron chi connectivity index (χ1n) is 7.49. The van der Waals surface area contributed by atoms with Crippen LogP contribution in [0.5, 0.6) is 0 Å². The largest absolute Gasteiger partial charge is 0.0561 e. The lowest BCUT2D eigenvalue weighted by atomic mass is 9.79. The van der Waals surface area contributed by atoms with Crippen molar-refractivity contribution in [3.63, 3.8) is 0 Å². The summed E-state index contributed by atoms with van der Waals surface area (Å²) in [4.78, 5) is 0. The molecule has 0 aromatic heterocycles. The van der Waals surface area contributed by atoms with Crippen LogP contribution in [0.25, 0.3) is 11.1 Å². The second-order valence-corrected chi connectivity index (χ2v) is 8.72. The summed E-state index contributed by atoms with van der Waals surface area (Å²) in [7, 11) is 0. The molecule has 0 aliphatic heterocycles. The van der Waals surface area contributed by atoms with Crippen molar-refractivity contribution in [3.05, 3.63) is 58.1 Å². The van der Waals surface area contributed by atoms with E-state index in [1.54, 1.807) is 0 Å². The molecule has 0 unspecified atom stereocenters.